The molecule has 0 saturated carbocycles. The summed E-state index contributed by atoms with van der Waals surface area (Å²) in [5.41, 5.74) is 0.485. The summed E-state index contributed by atoms with van der Waals surface area (Å²) in [7, 11) is 0. The average molecular weight is 397 g/mol. The molecule has 1 unspecified atom stereocenters. The minimum atomic E-state index is -0.668. The van der Waals surface area contributed by atoms with Crippen molar-refractivity contribution in [1.82, 2.24) is 0 Å². The van der Waals surface area contributed by atoms with Gasteiger partial charge in [0.05, 0.1) is 27.3 Å². The van der Waals surface area contributed by atoms with Gasteiger partial charge in [-0.15, -0.1) is 11.8 Å². The second kappa shape index (κ2) is 6.33. The SMILES string of the molecule is O=C1CSC(c2cc3c(cc2[N+](=O)[O-])OCO3)N1c1ccc(F)c(Cl)c1. The van der Waals surface area contributed by atoms with Crippen molar-refractivity contribution < 1.29 is 23.6 Å². The Balaban J connectivity index is 1.82. The van der Waals surface area contributed by atoms with Crippen LogP contribution in [0.1, 0.15) is 10.9 Å². The number of fused-ring (bicyclic) bond motifs is 1. The predicted octanol–water partition coefficient (Wildman–Crippen LogP) is 3.89. The number of rotatable bonds is 3. The minimum absolute atomic E-state index is 0.0238. The zero-order valence-corrected chi connectivity index (χ0v) is 14.6. The molecule has 1 fully saturated rings. The predicted molar refractivity (Wildman–Crippen MR) is 93.3 cm³/mol. The number of halogens is 2. The highest BCUT2D eigenvalue weighted by Gasteiger charge is 2.39. The standard InChI is InChI=1S/C16H10ClFN2O5S/c17-10-3-8(1-2-11(10)18)19-15(21)6-26-16(19)9-4-13-14(25-7-24-13)5-12(9)20(22)23/h1-5,16H,6-7H2. The molecule has 2 aliphatic heterocycles. The summed E-state index contributed by atoms with van der Waals surface area (Å²) in [6, 6.07) is 6.69. The third-order valence-corrected chi connectivity index (χ3v) is 5.52. The molecule has 0 aliphatic carbocycles. The summed E-state index contributed by atoms with van der Waals surface area (Å²) < 4.78 is 24.0. The van der Waals surface area contributed by atoms with Crippen LogP contribution in [-0.4, -0.2) is 23.4 Å². The first-order valence-electron chi connectivity index (χ1n) is 7.42. The highest BCUT2D eigenvalue weighted by atomic mass is 35.5. The molecule has 1 saturated heterocycles. The molecule has 0 bridgehead atoms. The first-order chi connectivity index (χ1) is 12.5. The molecule has 134 valence electrons. The number of nitro benzene ring substituents is 1. The Morgan fingerprint density at radius 2 is 2.00 bits per heavy atom. The minimum Gasteiger partial charge on any atom is -0.454 e. The van der Waals surface area contributed by atoms with Crippen LogP contribution >= 0.6 is 23.4 Å². The van der Waals surface area contributed by atoms with Crippen LogP contribution in [0, 0.1) is 15.9 Å². The number of carbonyl (C=O) groups is 1. The zero-order valence-electron chi connectivity index (χ0n) is 13.0. The van der Waals surface area contributed by atoms with Crippen molar-refractivity contribution in [1.29, 1.82) is 0 Å². The summed E-state index contributed by atoms with van der Waals surface area (Å²) in [4.78, 5) is 24.8. The number of thioether (sulfide) groups is 1. The van der Waals surface area contributed by atoms with Gasteiger partial charge in [-0.25, -0.2) is 4.39 Å². The van der Waals surface area contributed by atoms with E-state index in [0.717, 1.165) is 6.07 Å². The van der Waals surface area contributed by atoms with E-state index in [4.69, 9.17) is 21.1 Å². The number of carbonyl (C=O) groups excluding carboxylic acids is 1. The van der Waals surface area contributed by atoms with Gasteiger partial charge >= 0.3 is 0 Å². The lowest BCUT2D eigenvalue weighted by Crippen LogP contribution is -2.28. The lowest BCUT2D eigenvalue weighted by molar-refractivity contribution is -0.385. The molecule has 2 heterocycles. The van der Waals surface area contributed by atoms with Crippen molar-refractivity contribution in [2.75, 3.05) is 17.4 Å². The van der Waals surface area contributed by atoms with Gasteiger partial charge < -0.3 is 9.47 Å². The Hall–Kier alpha value is -2.52. The van der Waals surface area contributed by atoms with E-state index in [1.807, 2.05) is 0 Å². The number of hydrogen-bond donors (Lipinski definition) is 0. The van der Waals surface area contributed by atoms with Crippen LogP contribution in [0.4, 0.5) is 15.8 Å². The van der Waals surface area contributed by atoms with Crippen LogP contribution in [-0.2, 0) is 4.79 Å². The highest BCUT2D eigenvalue weighted by Crippen LogP contribution is 2.48. The van der Waals surface area contributed by atoms with Crippen molar-refractivity contribution >= 4 is 40.6 Å². The second-order valence-electron chi connectivity index (χ2n) is 5.55. The first-order valence-corrected chi connectivity index (χ1v) is 8.85. The monoisotopic (exact) mass is 396 g/mol. The molecule has 10 heteroatoms. The molecule has 0 aromatic heterocycles. The van der Waals surface area contributed by atoms with Gasteiger partial charge in [-0.3, -0.25) is 19.8 Å². The van der Waals surface area contributed by atoms with Gasteiger partial charge in [-0.05, 0) is 24.3 Å². The number of ether oxygens (including phenoxy) is 2. The summed E-state index contributed by atoms with van der Waals surface area (Å²) >= 11 is 7.06. The number of benzene rings is 2. The van der Waals surface area contributed by atoms with Gasteiger partial charge in [0.1, 0.15) is 11.2 Å². The number of nitrogens with zero attached hydrogens (tertiary/aromatic N) is 2. The van der Waals surface area contributed by atoms with E-state index in [1.165, 1.54) is 40.9 Å². The van der Waals surface area contributed by atoms with E-state index < -0.39 is 16.1 Å². The largest absolute Gasteiger partial charge is 0.454 e. The van der Waals surface area contributed by atoms with E-state index in [0.29, 0.717) is 17.0 Å². The molecule has 2 aromatic rings. The van der Waals surface area contributed by atoms with Crippen molar-refractivity contribution in [2.45, 2.75) is 5.37 Å². The molecule has 2 aliphatic rings. The van der Waals surface area contributed by atoms with Crippen LogP contribution in [0.25, 0.3) is 0 Å². The summed E-state index contributed by atoms with van der Waals surface area (Å²) in [5, 5.41) is 10.7. The van der Waals surface area contributed by atoms with Crippen molar-refractivity contribution in [3.8, 4) is 11.5 Å². The van der Waals surface area contributed by atoms with Gasteiger partial charge in [0.2, 0.25) is 12.7 Å². The van der Waals surface area contributed by atoms with Crippen molar-refractivity contribution in [2.24, 2.45) is 0 Å². The Bertz CT molecular complexity index is 941. The molecule has 0 radical (unpaired) electrons. The van der Waals surface area contributed by atoms with Crippen LogP contribution in [0.5, 0.6) is 11.5 Å². The molecule has 7 nitrogen and oxygen atoms in total. The molecular weight excluding hydrogens is 387 g/mol. The fourth-order valence-corrected chi connectivity index (χ4v) is 4.24. The Morgan fingerprint density at radius 3 is 2.69 bits per heavy atom. The Labute approximate surface area is 155 Å². The van der Waals surface area contributed by atoms with Crippen LogP contribution in [0.2, 0.25) is 5.02 Å². The average Bonchev–Trinajstić information content (AvgIpc) is 3.22. The molecule has 4 rings (SSSR count). The number of nitro groups is 1. The fraction of sp³-hybridized carbons (Fsp3) is 0.188. The van der Waals surface area contributed by atoms with Gasteiger partial charge in [-0.1, -0.05) is 11.6 Å². The molecular formula is C16H10ClFN2O5S. The number of anilines is 1. The number of amides is 1. The van der Waals surface area contributed by atoms with E-state index in [2.05, 4.69) is 0 Å². The molecule has 0 N–H and O–H groups in total. The topological polar surface area (TPSA) is 81.9 Å². The fourth-order valence-electron chi connectivity index (χ4n) is 2.87. The smallest absolute Gasteiger partial charge is 0.279 e. The van der Waals surface area contributed by atoms with E-state index >= 15 is 0 Å². The summed E-state index contributed by atoms with van der Waals surface area (Å²) in [5.74, 6) is -0.0746. The van der Waals surface area contributed by atoms with Crippen LogP contribution in [0.15, 0.2) is 30.3 Å². The van der Waals surface area contributed by atoms with Gasteiger partial charge in [-0.2, -0.15) is 0 Å². The lowest BCUT2D eigenvalue weighted by atomic mass is 10.1. The molecule has 1 atom stereocenters. The van der Waals surface area contributed by atoms with Gasteiger partial charge in [0.25, 0.3) is 5.69 Å². The van der Waals surface area contributed by atoms with Crippen LogP contribution < -0.4 is 14.4 Å². The molecule has 0 spiro atoms. The normalized spacial score (nSPS) is 18.5. The maximum Gasteiger partial charge on any atom is 0.279 e. The van der Waals surface area contributed by atoms with Gasteiger partial charge in [0.15, 0.2) is 11.5 Å². The summed E-state index contributed by atoms with van der Waals surface area (Å²) in [6.45, 7) is -0.0238. The second-order valence-corrected chi connectivity index (χ2v) is 7.02. The van der Waals surface area contributed by atoms with Crippen molar-refractivity contribution in [3.05, 3.63) is 56.8 Å². The highest BCUT2D eigenvalue weighted by molar-refractivity contribution is 8.00. The quantitative estimate of drug-likeness (QED) is 0.578. The number of hydrogen-bond acceptors (Lipinski definition) is 6. The Kier molecular flexibility index (Phi) is 4.12. The van der Waals surface area contributed by atoms with Gasteiger partial charge in [0, 0.05) is 5.69 Å². The van der Waals surface area contributed by atoms with E-state index in [-0.39, 0.29) is 34.9 Å². The van der Waals surface area contributed by atoms with E-state index in [9.17, 15) is 19.3 Å². The maximum atomic E-state index is 13.5. The van der Waals surface area contributed by atoms with Crippen LogP contribution in [0.3, 0.4) is 0 Å². The third-order valence-electron chi connectivity index (χ3n) is 4.03. The first kappa shape index (κ1) is 16.9. The zero-order chi connectivity index (χ0) is 18.4. The molecule has 26 heavy (non-hydrogen) atoms. The molecule has 1 amide bonds. The molecule has 2 aromatic carbocycles. The third kappa shape index (κ3) is 2.73. The Morgan fingerprint density at radius 1 is 1.27 bits per heavy atom. The van der Waals surface area contributed by atoms with Crippen molar-refractivity contribution in [3.63, 3.8) is 0 Å². The lowest BCUT2D eigenvalue weighted by Gasteiger charge is -2.24. The maximum absolute atomic E-state index is 13.5. The summed E-state index contributed by atoms with van der Waals surface area (Å²) in [6.07, 6.45) is 0. The van der Waals surface area contributed by atoms with E-state index in [1.54, 1.807) is 0 Å².